The standard InChI is InChI=1S/C19H17N5O6/c1-29-12-3-4-15(30-2)14(9-12)24-18(27)13(17(26)22-19(24)28)10-21-23-16(25)11-5-7-20-8-6-11/h3-10,27H,1-2H3,(H,23,25)(H,22,26,28). The molecule has 154 valence electrons. The minimum Gasteiger partial charge on any atom is -0.497 e. The van der Waals surface area contributed by atoms with Crippen molar-refractivity contribution in [2.45, 2.75) is 0 Å². The van der Waals surface area contributed by atoms with E-state index >= 15 is 0 Å². The summed E-state index contributed by atoms with van der Waals surface area (Å²) < 4.78 is 11.2. The Bertz CT molecular complexity index is 1220. The van der Waals surface area contributed by atoms with E-state index in [2.05, 4.69) is 20.5 Å². The minimum atomic E-state index is -0.901. The van der Waals surface area contributed by atoms with Crippen molar-refractivity contribution in [3.8, 4) is 23.1 Å². The highest BCUT2D eigenvalue weighted by Gasteiger charge is 2.18. The van der Waals surface area contributed by atoms with Crippen LogP contribution in [0.5, 0.6) is 17.4 Å². The molecule has 0 radical (unpaired) electrons. The number of methoxy groups -OCH3 is 2. The van der Waals surface area contributed by atoms with E-state index in [0.29, 0.717) is 11.3 Å². The number of benzene rings is 1. The zero-order chi connectivity index (χ0) is 21.7. The van der Waals surface area contributed by atoms with E-state index in [1.165, 1.54) is 50.9 Å². The van der Waals surface area contributed by atoms with Gasteiger partial charge < -0.3 is 14.6 Å². The zero-order valence-corrected chi connectivity index (χ0v) is 15.9. The summed E-state index contributed by atoms with van der Waals surface area (Å²) in [6, 6.07) is 7.54. The number of nitrogens with zero attached hydrogens (tertiary/aromatic N) is 3. The average molecular weight is 411 g/mol. The van der Waals surface area contributed by atoms with Crippen molar-refractivity contribution >= 4 is 12.1 Å². The molecule has 3 aromatic rings. The number of aromatic nitrogens is 3. The number of aromatic hydroxyl groups is 1. The Morgan fingerprint density at radius 1 is 1.20 bits per heavy atom. The number of carbonyl (C=O) groups is 1. The van der Waals surface area contributed by atoms with Gasteiger partial charge in [0.1, 0.15) is 17.1 Å². The molecule has 2 heterocycles. The molecule has 3 rings (SSSR count). The third-order valence-corrected chi connectivity index (χ3v) is 4.05. The van der Waals surface area contributed by atoms with Crippen LogP contribution in [0.1, 0.15) is 15.9 Å². The molecule has 2 aromatic heterocycles. The van der Waals surface area contributed by atoms with E-state index in [0.717, 1.165) is 10.8 Å². The van der Waals surface area contributed by atoms with Gasteiger partial charge in [-0.1, -0.05) is 0 Å². The predicted molar refractivity (Wildman–Crippen MR) is 107 cm³/mol. The number of hydrogen-bond donors (Lipinski definition) is 3. The van der Waals surface area contributed by atoms with Gasteiger partial charge in [-0.2, -0.15) is 5.10 Å². The van der Waals surface area contributed by atoms with Crippen molar-refractivity contribution in [1.82, 2.24) is 20.0 Å². The Hall–Kier alpha value is -4.41. The summed E-state index contributed by atoms with van der Waals surface area (Å²) in [7, 11) is 2.82. The first-order chi connectivity index (χ1) is 14.5. The van der Waals surface area contributed by atoms with E-state index < -0.39 is 23.0 Å². The molecule has 3 N–H and O–H groups in total. The molecule has 0 unspecified atom stereocenters. The molecule has 0 aliphatic rings. The van der Waals surface area contributed by atoms with E-state index in [-0.39, 0.29) is 17.0 Å². The lowest BCUT2D eigenvalue weighted by atomic mass is 10.2. The van der Waals surface area contributed by atoms with Crippen LogP contribution >= 0.6 is 0 Å². The van der Waals surface area contributed by atoms with Gasteiger partial charge in [0.15, 0.2) is 0 Å². The van der Waals surface area contributed by atoms with Gasteiger partial charge >= 0.3 is 5.69 Å². The van der Waals surface area contributed by atoms with E-state index in [1.54, 1.807) is 6.07 Å². The third-order valence-electron chi connectivity index (χ3n) is 4.05. The first-order valence-electron chi connectivity index (χ1n) is 8.50. The van der Waals surface area contributed by atoms with Crippen molar-refractivity contribution in [3.05, 3.63) is 74.7 Å². The van der Waals surface area contributed by atoms with Gasteiger partial charge in [-0.05, 0) is 24.3 Å². The number of rotatable bonds is 6. The summed E-state index contributed by atoms with van der Waals surface area (Å²) in [5.41, 5.74) is 0.507. The van der Waals surface area contributed by atoms with Gasteiger partial charge in [0.2, 0.25) is 5.88 Å². The molecule has 1 amide bonds. The average Bonchev–Trinajstić information content (AvgIpc) is 2.76. The Balaban J connectivity index is 2.02. The Kier molecular flexibility index (Phi) is 5.92. The number of aromatic amines is 1. The van der Waals surface area contributed by atoms with Crippen molar-refractivity contribution in [1.29, 1.82) is 0 Å². The normalized spacial score (nSPS) is 10.7. The van der Waals surface area contributed by atoms with Crippen LogP contribution in [0.4, 0.5) is 0 Å². The lowest BCUT2D eigenvalue weighted by Crippen LogP contribution is -2.32. The van der Waals surface area contributed by atoms with Crippen LogP contribution in [0.25, 0.3) is 5.69 Å². The van der Waals surface area contributed by atoms with Crippen LogP contribution in [-0.4, -0.2) is 46.0 Å². The maximum Gasteiger partial charge on any atom is 0.335 e. The molecular weight excluding hydrogens is 394 g/mol. The number of H-pyrrole nitrogens is 1. The van der Waals surface area contributed by atoms with Crippen molar-refractivity contribution in [3.63, 3.8) is 0 Å². The summed E-state index contributed by atoms with van der Waals surface area (Å²) >= 11 is 0. The molecule has 11 heteroatoms. The number of hydrogen-bond acceptors (Lipinski definition) is 8. The first-order valence-corrected chi connectivity index (χ1v) is 8.50. The molecule has 0 saturated heterocycles. The smallest absolute Gasteiger partial charge is 0.335 e. The second-order valence-corrected chi connectivity index (χ2v) is 5.80. The van der Waals surface area contributed by atoms with Gasteiger partial charge in [0, 0.05) is 24.0 Å². The van der Waals surface area contributed by atoms with Crippen molar-refractivity contribution in [2.24, 2.45) is 5.10 Å². The monoisotopic (exact) mass is 411 g/mol. The fourth-order valence-electron chi connectivity index (χ4n) is 2.57. The van der Waals surface area contributed by atoms with Crippen molar-refractivity contribution in [2.75, 3.05) is 14.2 Å². The Labute approximate surface area is 169 Å². The Morgan fingerprint density at radius 2 is 1.93 bits per heavy atom. The minimum absolute atomic E-state index is 0.131. The third kappa shape index (κ3) is 4.04. The van der Waals surface area contributed by atoms with Crippen molar-refractivity contribution < 1.29 is 19.4 Å². The van der Waals surface area contributed by atoms with E-state index in [9.17, 15) is 19.5 Å². The van der Waals surface area contributed by atoms with Crippen LogP contribution in [-0.2, 0) is 0 Å². The number of hydrazone groups is 1. The molecule has 0 bridgehead atoms. The quantitative estimate of drug-likeness (QED) is 0.393. The van der Waals surface area contributed by atoms with E-state index in [4.69, 9.17) is 9.47 Å². The van der Waals surface area contributed by atoms with Gasteiger partial charge in [0.05, 0.1) is 26.1 Å². The number of pyridine rings is 1. The lowest BCUT2D eigenvalue weighted by molar-refractivity contribution is 0.0955. The molecule has 0 aliphatic heterocycles. The highest BCUT2D eigenvalue weighted by Crippen LogP contribution is 2.29. The maximum absolute atomic E-state index is 12.4. The summed E-state index contributed by atoms with van der Waals surface area (Å²) in [6.07, 6.45) is 3.80. The number of amides is 1. The highest BCUT2D eigenvalue weighted by atomic mass is 16.5. The molecule has 0 fully saturated rings. The second kappa shape index (κ2) is 8.73. The highest BCUT2D eigenvalue weighted by molar-refractivity contribution is 5.94. The zero-order valence-electron chi connectivity index (χ0n) is 15.9. The summed E-state index contributed by atoms with van der Waals surface area (Å²) in [5, 5.41) is 14.3. The fourth-order valence-corrected chi connectivity index (χ4v) is 2.57. The number of carbonyl (C=O) groups excluding carboxylic acids is 1. The summed E-state index contributed by atoms with van der Waals surface area (Å²) in [4.78, 5) is 42.5. The fraction of sp³-hybridized carbons (Fsp3) is 0.105. The molecule has 1 aromatic carbocycles. The van der Waals surface area contributed by atoms with E-state index in [1.807, 2.05) is 0 Å². The molecule has 11 nitrogen and oxygen atoms in total. The lowest BCUT2D eigenvalue weighted by Gasteiger charge is -2.14. The Morgan fingerprint density at radius 3 is 2.60 bits per heavy atom. The van der Waals surface area contributed by atoms with Crippen LogP contribution in [0.15, 0.2) is 57.4 Å². The SMILES string of the molecule is COc1ccc(OC)c(-n2c(O)c(C=NNC(=O)c3ccncc3)c(=O)[nH]c2=O)c1. The first kappa shape index (κ1) is 20.3. The van der Waals surface area contributed by atoms with Crippen LogP contribution < -0.4 is 26.1 Å². The van der Waals surface area contributed by atoms with Gasteiger partial charge in [-0.15, -0.1) is 0 Å². The molecular formula is C19H17N5O6. The second-order valence-electron chi connectivity index (χ2n) is 5.80. The van der Waals surface area contributed by atoms with Crippen LogP contribution in [0, 0.1) is 0 Å². The maximum atomic E-state index is 12.4. The molecule has 0 saturated carbocycles. The largest absolute Gasteiger partial charge is 0.497 e. The molecule has 30 heavy (non-hydrogen) atoms. The molecule has 0 aliphatic carbocycles. The molecule has 0 atom stereocenters. The summed E-state index contributed by atoms with van der Waals surface area (Å²) in [5.74, 6) is -0.609. The van der Waals surface area contributed by atoms with Crippen LogP contribution in [0.2, 0.25) is 0 Å². The molecule has 0 spiro atoms. The number of nitrogens with one attached hydrogen (secondary N) is 2. The predicted octanol–water partition coefficient (Wildman–Crippen LogP) is 0.407. The number of ether oxygens (including phenoxy) is 2. The summed E-state index contributed by atoms with van der Waals surface area (Å²) in [6.45, 7) is 0. The van der Waals surface area contributed by atoms with Crippen LogP contribution in [0.3, 0.4) is 0 Å². The van der Waals surface area contributed by atoms with Gasteiger partial charge in [-0.25, -0.2) is 14.8 Å². The van der Waals surface area contributed by atoms with Gasteiger partial charge in [0.25, 0.3) is 11.5 Å². The van der Waals surface area contributed by atoms with Gasteiger partial charge in [-0.3, -0.25) is 19.6 Å². The topological polar surface area (TPSA) is 148 Å².